The minimum atomic E-state index is -1.95. The first-order valence-electron chi connectivity index (χ1n) is 11.5. The first kappa shape index (κ1) is 25.6. The molecule has 2 N–H and O–H groups in total. The summed E-state index contributed by atoms with van der Waals surface area (Å²) in [5.41, 5.74) is 1.65. The Bertz CT molecular complexity index is 728. The highest BCUT2D eigenvalue weighted by molar-refractivity contribution is 5.87. The zero-order valence-electron chi connectivity index (χ0n) is 19.0. The van der Waals surface area contributed by atoms with Crippen molar-refractivity contribution in [3.63, 3.8) is 0 Å². The molecule has 8 heteroatoms. The molecule has 0 amide bonds. The Hall–Kier alpha value is -2.61. The molecule has 1 fully saturated rings. The lowest BCUT2D eigenvalue weighted by Crippen LogP contribution is -2.45. The maximum atomic E-state index is 12.3. The molecule has 1 aromatic carbocycles. The summed E-state index contributed by atoms with van der Waals surface area (Å²) in [6.45, 7) is 4.07. The quantitative estimate of drug-likeness (QED) is 0.370. The Balaban J connectivity index is 1.86. The second-order valence-electron chi connectivity index (χ2n) is 7.95. The number of aliphatic hydroxyl groups is 1. The summed E-state index contributed by atoms with van der Waals surface area (Å²) >= 11 is 0. The zero-order valence-corrected chi connectivity index (χ0v) is 19.0. The summed E-state index contributed by atoms with van der Waals surface area (Å²) in [5.74, 6) is -2.01. The summed E-state index contributed by atoms with van der Waals surface area (Å²) < 4.78 is 14.6. The maximum absolute atomic E-state index is 12.3. The zero-order chi connectivity index (χ0) is 23.3. The van der Waals surface area contributed by atoms with Crippen LogP contribution in [0, 0.1) is 5.92 Å². The molecule has 8 nitrogen and oxygen atoms in total. The van der Waals surface area contributed by atoms with Crippen molar-refractivity contribution in [3.05, 3.63) is 29.8 Å². The van der Waals surface area contributed by atoms with E-state index < -0.39 is 30.1 Å². The van der Waals surface area contributed by atoms with Crippen LogP contribution in [0.25, 0.3) is 0 Å². The predicted molar refractivity (Wildman–Crippen MR) is 119 cm³/mol. The Kier molecular flexibility index (Phi) is 11.0. The van der Waals surface area contributed by atoms with Crippen LogP contribution in [0.1, 0.15) is 57.9 Å². The molecule has 0 heterocycles. The van der Waals surface area contributed by atoms with Gasteiger partial charge >= 0.3 is 17.9 Å². The van der Waals surface area contributed by atoms with E-state index in [0.717, 1.165) is 24.6 Å². The lowest BCUT2D eigenvalue weighted by molar-refractivity contribution is -0.183. The van der Waals surface area contributed by atoms with Crippen molar-refractivity contribution in [1.29, 1.82) is 0 Å². The molecule has 1 aliphatic carbocycles. The highest BCUT2D eigenvalue weighted by Gasteiger charge is 2.38. The van der Waals surface area contributed by atoms with Crippen molar-refractivity contribution in [2.75, 3.05) is 25.1 Å². The van der Waals surface area contributed by atoms with Gasteiger partial charge in [0.1, 0.15) is 0 Å². The van der Waals surface area contributed by atoms with E-state index in [2.05, 4.69) is 5.32 Å². The van der Waals surface area contributed by atoms with Crippen LogP contribution in [0.3, 0.4) is 0 Å². The topological polar surface area (TPSA) is 111 Å². The number of hydrogen-bond acceptors (Lipinski definition) is 8. The van der Waals surface area contributed by atoms with E-state index in [4.69, 9.17) is 14.2 Å². The van der Waals surface area contributed by atoms with Crippen LogP contribution in [-0.2, 0) is 35.0 Å². The van der Waals surface area contributed by atoms with Crippen molar-refractivity contribution in [2.45, 2.75) is 71.0 Å². The van der Waals surface area contributed by atoms with Crippen molar-refractivity contribution in [3.8, 4) is 0 Å². The van der Waals surface area contributed by atoms with Crippen LogP contribution < -0.4 is 5.32 Å². The Morgan fingerprint density at radius 3 is 2.25 bits per heavy atom. The number of anilines is 1. The molecule has 178 valence electrons. The number of benzene rings is 1. The van der Waals surface area contributed by atoms with Crippen molar-refractivity contribution in [1.82, 2.24) is 0 Å². The van der Waals surface area contributed by atoms with E-state index in [-0.39, 0.29) is 19.6 Å². The fourth-order valence-corrected chi connectivity index (χ4v) is 3.80. The Morgan fingerprint density at radius 2 is 1.62 bits per heavy atom. The van der Waals surface area contributed by atoms with Crippen molar-refractivity contribution < 1.29 is 33.7 Å². The van der Waals surface area contributed by atoms with Gasteiger partial charge in [0.2, 0.25) is 6.10 Å². The number of carbonyl (C=O) groups excluding carboxylic acids is 3. The van der Waals surface area contributed by atoms with E-state index in [0.29, 0.717) is 5.56 Å². The standard InChI is InChI=1S/C24H35NO7/c1-3-30-23(28)21(27)22(24(29)31-4-2)32-20(26)16-18-10-12-19(13-11-18)25-15-14-17-8-6-5-7-9-17/h10-13,17,21-22,25,27H,3-9,14-16H2,1-2H3. The highest BCUT2D eigenvalue weighted by atomic mass is 16.6. The summed E-state index contributed by atoms with van der Waals surface area (Å²) in [6.07, 6.45) is 3.99. The van der Waals surface area contributed by atoms with Crippen LogP contribution >= 0.6 is 0 Å². The maximum Gasteiger partial charge on any atom is 0.350 e. The van der Waals surface area contributed by atoms with Crippen LogP contribution in [0.4, 0.5) is 5.69 Å². The van der Waals surface area contributed by atoms with E-state index in [1.807, 2.05) is 12.1 Å². The molecule has 2 unspecified atom stereocenters. The SMILES string of the molecule is CCOC(=O)C(O)C(OC(=O)Cc1ccc(NCCC2CCCCC2)cc1)C(=O)OCC. The second-order valence-corrected chi connectivity index (χ2v) is 7.95. The van der Waals surface area contributed by atoms with Crippen LogP contribution in [0.5, 0.6) is 0 Å². The fourth-order valence-electron chi connectivity index (χ4n) is 3.80. The average Bonchev–Trinajstić information content (AvgIpc) is 2.79. The number of nitrogens with one attached hydrogen (secondary N) is 1. The van der Waals surface area contributed by atoms with Gasteiger partial charge in [0.25, 0.3) is 0 Å². The molecule has 0 saturated heterocycles. The molecule has 2 rings (SSSR count). The van der Waals surface area contributed by atoms with E-state index in [9.17, 15) is 19.5 Å². The number of carbonyl (C=O) groups is 3. The molecule has 0 aliphatic heterocycles. The van der Waals surface area contributed by atoms with Gasteiger partial charge in [-0.3, -0.25) is 4.79 Å². The number of ether oxygens (including phenoxy) is 3. The minimum absolute atomic E-state index is 0.0115. The van der Waals surface area contributed by atoms with Gasteiger partial charge in [-0.1, -0.05) is 44.2 Å². The molecule has 0 radical (unpaired) electrons. The van der Waals surface area contributed by atoms with Crippen molar-refractivity contribution in [2.24, 2.45) is 5.92 Å². The summed E-state index contributed by atoms with van der Waals surface area (Å²) in [4.78, 5) is 36.2. The van der Waals surface area contributed by atoms with E-state index in [1.165, 1.54) is 32.1 Å². The molecule has 32 heavy (non-hydrogen) atoms. The average molecular weight is 450 g/mol. The van der Waals surface area contributed by atoms with Gasteiger partial charge in [-0.2, -0.15) is 0 Å². The first-order chi connectivity index (χ1) is 15.4. The summed E-state index contributed by atoms with van der Waals surface area (Å²) in [5, 5.41) is 13.5. The highest BCUT2D eigenvalue weighted by Crippen LogP contribution is 2.26. The molecule has 0 aromatic heterocycles. The fraction of sp³-hybridized carbons (Fsp3) is 0.625. The molecular weight excluding hydrogens is 414 g/mol. The molecule has 1 aliphatic rings. The smallest absolute Gasteiger partial charge is 0.350 e. The molecule has 0 spiro atoms. The van der Waals surface area contributed by atoms with Crippen molar-refractivity contribution >= 4 is 23.6 Å². The number of rotatable bonds is 12. The molecule has 0 bridgehead atoms. The third kappa shape index (κ3) is 8.49. The van der Waals surface area contributed by atoms with Gasteiger partial charge in [-0.05, 0) is 43.9 Å². The third-order valence-corrected chi connectivity index (χ3v) is 5.50. The van der Waals surface area contributed by atoms with Crippen LogP contribution in [0.15, 0.2) is 24.3 Å². The van der Waals surface area contributed by atoms with Gasteiger partial charge in [0.05, 0.1) is 19.6 Å². The number of hydrogen-bond donors (Lipinski definition) is 2. The van der Waals surface area contributed by atoms with Crippen LogP contribution in [-0.4, -0.2) is 55.0 Å². The predicted octanol–water partition coefficient (Wildman–Crippen LogP) is 3.01. The number of aliphatic hydroxyl groups excluding tert-OH is 1. The second kappa shape index (κ2) is 13.7. The van der Waals surface area contributed by atoms with Gasteiger partial charge in [-0.25, -0.2) is 9.59 Å². The van der Waals surface area contributed by atoms with E-state index in [1.54, 1.807) is 26.0 Å². The van der Waals surface area contributed by atoms with Gasteiger partial charge in [0.15, 0.2) is 6.10 Å². The molecular formula is C24H35NO7. The van der Waals surface area contributed by atoms with Crippen LogP contribution in [0.2, 0.25) is 0 Å². The summed E-state index contributed by atoms with van der Waals surface area (Å²) in [6, 6.07) is 7.37. The largest absolute Gasteiger partial charge is 0.464 e. The van der Waals surface area contributed by atoms with Gasteiger partial charge in [-0.15, -0.1) is 0 Å². The monoisotopic (exact) mass is 449 g/mol. The Labute approximate surface area is 189 Å². The third-order valence-electron chi connectivity index (χ3n) is 5.50. The normalized spacial score (nSPS) is 16.0. The summed E-state index contributed by atoms with van der Waals surface area (Å²) in [7, 11) is 0. The molecule has 2 atom stereocenters. The molecule has 1 aromatic rings. The lowest BCUT2D eigenvalue weighted by Gasteiger charge is -2.21. The Morgan fingerprint density at radius 1 is 1.00 bits per heavy atom. The van der Waals surface area contributed by atoms with Gasteiger partial charge < -0.3 is 24.6 Å². The lowest BCUT2D eigenvalue weighted by atomic mass is 9.87. The minimum Gasteiger partial charge on any atom is -0.464 e. The first-order valence-corrected chi connectivity index (χ1v) is 11.5. The number of esters is 3. The van der Waals surface area contributed by atoms with Gasteiger partial charge in [0, 0.05) is 12.2 Å². The van der Waals surface area contributed by atoms with E-state index >= 15 is 0 Å². The molecule has 1 saturated carbocycles.